The summed E-state index contributed by atoms with van der Waals surface area (Å²) in [5.74, 6) is 3.14. The predicted molar refractivity (Wildman–Crippen MR) is 153 cm³/mol. The number of nitrogens with zero attached hydrogens (tertiary/aromatic N) is 7. The molecule has 10 heteroatoms. The second-order valence-corrected chi connectivity index (χ2v) is 11.4. The van der Waals surface area contributed by atoms with Gasteiger partial charge in [-0.1, -0.05) is 19.1 Å². The first kappa shape index (κ1) is 25.7. The monoisotopic (exact) mass is 529 g/mol. The van der Waals surface area contributed by atoms with E-state index in [-0.39, 0.29) is 18.0 Å². The summed E-state index contributed by atoms with van der Waals surface area (Å²) < 4.78 is 2.41. The third-order valence-corrected chi connectivity index (χ3v) is 8.59. The fourth-order valence-electron chi connectivity index (χ4n) is 6.36. The lowest BCUT2D eigenvalue weighted by atomic mass is 9.93. The zero-order valence-electron chi connectivity index (χ0n) is 22.9. The first-order chi connectivity index (χ1) is 19.0. The Labute approximate surface area is 230 Å². The number of hydrogen-bond acceptors (Lipinski definition) is 8. The average molecular weight is 530 g/mol. The van der Waals surface area contributed by atoms with Gasteiger partial charge in [0.1, 0.15) is 23.4 Å². The summed E-state index contributed by atoms with van der Waals surface area (Å²) in [7, 11) is 0. The van der Waals surface area contributed by atoms with Crippen LogP contribution in [0, 0.1) is 11.8 Å². The molecule has 2 aromatic rings. The number of anilines is 2. The average Bonchev–Trinajstić information content (AvgIpc) is 3.33. The Hall–Kier alpha value is -3.53. The second kappa shape index (κ2) is 10.9. The van der Waals surface area contributed by atoms with Crippen molar-refractivity contribution >= 4 is 30.0 Å². The maximum Gasteiger partial charge on any atom is 0.225 e. The van der Waals surface area contributed by atoms with Crippen molar-refractivity contribution in [2.45, 2.75) is 64.2 Å². The molecule has 206 valence electrons. The van der Waals surface area contributed by atoms with E-state index in [1.807, 2.05) is 12.3 Å². The summed E-state index contributed by atoms with van der Waals surface area (Å²) in [4.78, 5) is 36.0. The van der Waals surface area contributed by atoms with E-state index in [4.69, 9.17) is 15.7 Å². The Balaban J connectivity index is 1.09. The van der Waals surface area contributed by atoms with Crippen LogP contribution >= 0.6 is 0 Å². The molecule has 0 aromatic carbocycles. The molecule has 6 heterocycles. The molecule has 3 atom stereocenters. The number of amides is 1. The van der Waals surface area contributed by atoms with Crippen LogP contribution in [0.2, 0.25) is 0 Å². The van der Waals surface area contributed by atoms with Crippen LogP contribution in [0.15, 0.2) is 35.6 Å². The molecule has 3 unspecified atom stereocenters. The van der Waals surface area contributed by atoms with E-state index in [0.29, 0.717) is 23.8 Å². The summed E-state index contributed by atoms with van der Waals surface area (Å²) in [5.41, 5.74) is 7.66. The van der Waals surface area contributed by atoms with Crippen LogP contribution < -0.4 is 11.1 Å². The van der Waals surface area contributed by atoms with E-state index in [2.05, 4.69) is 61.7 Å². The van der Waals surface area contributed by atoms with Gasteiger partial charge in [0.25, 0.3) is 0 Å². The molecule has 0 aliphatic carbocycles. The van der Waals surface area contributed by atoms with Crippen molar-refractivity contribution in [1.82, 2.24) is 29.3 Å². The number of nitrogens with one attached hydrogen (secondary N) is 1. The van der Waals surface area contributed by atoms with E-state index in [1.54, 1.807) is 12.4 Å². The van der Waals surface area contributed by atoms with Gasteiger partial charge in [0, 0.05) is 67.7 Å². The lowest BCUT2D eigenvalue weighted by molar-refractivity contribution is -0.138. The second-order valence-electron chi connectivity index (χ2n) is 11.4. The van der Waals surface area contributed by atoms with Gasteiger partial charge in [-0.05, 0) is 57.8 Å². The van der Waals surface area contributed by atoms with Gasteiger partial charge in [-0.15, -0.1) is 0 Å². The summed E-state index contributed by atoms with van der Waals surface area (Å²) in [6.45, 7) is 8.56. The molecule has 0 spiro atoms. The van der Waals surface area contributed by atoms with Crippen molar-refractivity contribution < 1.29 is 4.79 Å². The number of likely N-dealkylation sites (tertiary alicyclic amines) is 2. The van der Waals surface area contributed by atoms with Crippen LogP contribution in [0.5, 0.6) is 0 Å². The van der Waals surface area contributed by atoms with Crippen LogP contribution in [-0.2, 0) is 11.3 Å². The largest absolute Gasteiger partial charge is 0.368 e. The molecule has 4 aliphatic rings. The predicted octanol–water partition coefficient (Wildman–Crippen LogP) is 3.48. The molecule has 3 N–H and O–H groups in total. The smallest absolute Gasteiger partial charge is 0.225 e. The molecule has 0 bridgehead atoms. The van der Waals surface area contributed by atoms with E-state index in [1.165, 1.54) is 0 Å². The standard InChI is InChI=1S/C29H39N9O/c1-19-4-3-11-31-25(19)27-35-24-6-5-20(2)34-26(24)38(27)23-9-14-37(15-10-23)28(39)22-7-12-36(13-8-22)18-21-16-32-29(30)33-17-21/h3-6,11,16-17,19-20,22-23,25,34H,7-10,12-15,18H2,1-2H3,(H2,30,32,33). The summed E-state index contributed by atoms with van der Waals surface area (Å²) in [6.07, 6.45) is 17.6. The van der Waals surface area contributed by atoms with E-state index >= 15 is 0 Å². The highest BCUT2D eigenvalue weighted by Gasteiger charge is 2.35. The minimum Gasteiger partial charge on any atom is -0.368 e. The van der Waals surface area contributed by atoms with Crippen molar-refractivity contribution in [3.8, 4) is 0 Å². The molecule has 39 heavy (non-hydrogen) atoms. The summed E-state index contributed by atoms with van der Waals surface area (Å²) >= 11 is 0. The van der Waals surface area contributed by atoms with Crippen LogP contribution in [-0.4, -0.2) is 73.7 Å². The van der Waals surface area contributed by atoms with E-state index in [0.717, 1.165) is 81.3 Å². The fourth-order valence-corrected chi connectivity index (χ4v) is 6.36. The first-order valence-electron chi connectivity index (χ1n) is 14.3. The molecule has 2 fully saturated rings. The number of hydrogen-bond donors (Lipinski definition) is 2. The zero-order chi connectivity index (χ0) is 26.9. The first-order valence-corrected chi connectivity index (χ1v) is 14.3. The molecule has 6 rings (SSSR count). The number of rotatable bonds is 5. The number of dihydropyridines is 1. The lowest BCUT2D eigenvalue weighted by Crippen LogP contribution is -2.45. The third kappa shape index (κ3) is 5.34. The number of aromatic nitrogens is 4. The topological polar surface area (TPSA) is 118 Å². The number of aliphatic imine (C=N–C) groups is 1. The molecule has 4 aliphatic heterocycles. The van der Waals surface area contributed by atoms with Gasteiger partial charge in [0.05, 0.1) is 0 Å². The Morgan fingerprint density at radius 2 is 1.79 bits per heavy atom. The van der Waals surface area contributed by atoms with Crippen molar-refractivity contribution in [3.05, 3.63) is 47.7 Å². The number of piperidine rings is 2. The Morgan fingerprint density at radius 3 is 2.51 bits per heavy atom. The van der Waals surface area contributed by atoms with Crippen LogP contribution in [0.4, 0.5) is 11.8 Å². The molecule has 0 radical (unpaired) electrons. The van der Waals surface area contributed by atoms with Gasteiger partial charge < -0.3 is 20.5 Å². The minimum atomic E-state index is 0.00996. The number of carbonyl (C=O) groups is 1. The maximum atomic E-state index is 13.5. The van der Waals surface area contributed by atoms with E-state index in [9.17, 15) is 4.79 Å². The van der Waals surface area contributed by atoms with Gasteiger partial charge in [0.2, 0.25) is 11.9 Å². The van der Waals surface area contributed by atoms with Gasteiger partial charge in [-0.25, -0.2) is 15.0 Å². The highest BCUT2D eigenvalue weighted by molar-refractivity contribution is 5.79. The highest BCUT2D eigenvalue weighted by Crippen LogP contribution is 2.39. The Kier molecular flexibility index (Phi) is 7.20. The zero-order valence-corrected chi connectivity index (χ0v) is 22.9. The number of nitrogen functional groups attached to an aromatic ring is 1. The molecular weight excluding hydrogens is 490 g/mol. The quantitative estimate of drug-likeness (QED) is 0.609. The highest BCUT2D eigenvalue weighted by atomic mass is 16.2. The number of carbonyl (C=O) groups excluding carboxylic acids is 1. The molecule has 2 saturated heterocycles. The molecule has 1 amide bonds. The Morgan fingerprint density at radius 1 is 1.05 bits per heavy atom. The number of allylic oxidation sites excluding steroid dienone is 1. The fraction of sp³-hybridized carbons (Fsp3) is 0.552. The number of imidazole rings is 1. The molecule has 10 nitrogen and oxygen atoms in total. The summed E-state index contributed by atoms with van der Waals surface area (Å²) in [6, 6.07) is 0.563. The number of nitrogens with two attached hydrogens (primary N) is 1. The molecule has 0 saturated carbocycles. The van der Waals surface area contributed by atoms with Crippen molar-refractivity contribution in [2.24, 2.45) is 16.8 Å². The van der Waals surface area contributed by atoms with Gasteiger partial charge >= 0.3 is 0 Å². The van der Waals surface area contributed by atoms with E-state index < -0.39 is 0 Å². The normalized spacial score (nSPS) is 26.0. The van der Waals surface area contributed by atoms with Gasteiger partial charge in [0.15, 0.2) is 0 Å². The van der Waals surface area contributed by atoms with Crippen molar-refractivity contribution in [3.63, 3.8) is 0 Å². The number of fused-ring (bicyclic) bond motifs is 1. The Bertz CT molecular complexity index is 1260. The van der Waals surface area contributed by atoms with Gasteiger partial charge in [-0.3, -0.25) is 14.7 Å². The molecular formula is C29H39N9O. The van der Waals surface area contributed by atoms with Crippen LogP contribution in [0.3, 0.4) is 0 Å². The maximum absolute atomic E-state index is 13.5. The summed E-state index contributed by atoms with van der Waals surface area (Å²) in [5, 5.41) is 3.65. The van der Waals surface area contributed by atoms with Crippen molar-refractivity contribution in [1.29, 1.82) is 0 Å². The SMILES string of the molecule is CC1C=Cc2nc(C3N=CC=CC3C)n(C3CCN(C(=O)C4CCN(Cc5cnc(N)nc5)CC4)CC3)c2N1. The molecule has 2 aromatic heterocycles. The van der Waals surface area contributed by atoms with Gasteiger partial charge in [-0.2, -0.15) is 0 Å². The lowest BCUT2D eigenvalue weighted by Gasteiger charge is -2.38. The third-order valence-electron chi connectivity index (χ3n) is 8.59. The van der Waals surface area contributed by atoms with Crippen LogP contribution in [0.25, 0.3) is 6.08 Å². The minimum absolute atomic E-state index is 0.00996. The van der Waals surface area contributed by atoms with Crippen LogP contribution in [0.1, 0.15) is 68.7 Å². The van der Waals surface area contributed by atoms with Crippen molar-refractivity contribution in [2.75, 3.05) is 37.2 Å².